The van der Waals surface area contributed by atoms with Crippen molar-refractivity contribution in [3.8, 4) is 0 Å². The van der Waals surface area contributed by atoms with Crippen molar-refractivity contribution < 1.29 is 17.9 Å². The number of carbonyl (C=O) groups is 1. The van der Waals surface area contributed by atoms with E-state index in [4.69, 9.17) is 0 Å². The number of esters is 1. The van der Waals surface area contributed by atoms with Crippen LogP contribution < -0.4 is 5.32 Å². The zero-order chi connectivity index (χ0) is 9.90. The van der Waals surface area contributed by atoms with E-state index in [9.17, 15) is 13.2 Å². The third-order valence-electron chi connectivity index (χ3n) is 2.00. The average molecular weight is 207 g/mol. The van der Waals surface area contributed by atoms with Gasteiger partial charge in [-0.05, 0) is 6.42 Å². The van der Waals surface area contributed by atoms with Crippen molar-refractivity contribution in [2.24, 2.45) is 0 Å². The lowest BCUT2D eigenvalue weighted by atomic mass is 10.3. The molecule has 1 rings (SSSR count). The van der Waals surface area contributed by atoms with Gasteiger partial charge >= 0.3 is 5.97 Å². The van der Waals surface area contributed by atoms with Crippen LogP contribution >= 0.6 is 0 Å². The summed E-state index contributed by atoms with van der Waals surface area (Å²) >= 11 is 0. The van der Waals surface area contributed by atoms with Crippen LogP contribution in [-0.2, 0) is 19.4 Å². The van der Waals surface area contributed by atoms with E-state index in [2.05, 4.69) is 10.1 Å². The maximum atomic E-state index is 11.0. The molecule has 1 aliphatic rings. The molecule has 76 valence electrons. The molecular weight excluding hydrogens is 194 g/mol. The van der Waals surface area contributed by atoms with Crippen LogP contribution in [0.5, 0.6) is 0 Å². The van der Waals surface area contributed by atoms with Crippen molar-refractivity contribution >= 4 is 15.8 Å². The molecule has 0 spiro atoms. The molecule has 0 aromatic heterocycles. The Morgan fingerprint density at radius 2 is 2.31 bits per heavy atom. The Kier molecular flexibility index (Phi) is 3.27. The fraction of sp³-hybridized carbons (Fsp3) is 0.857. The van der Waals surface area contributed by atoms with E-state index in [1.165, 1.54) is 7.11 Å². The lowest BCUT2D eigenvalue weighted by molar-refractivity contribution is -0.139. The van der Waals surface area contributed by atoms with Gasteiger partial charge in [0, 0.05) is 6.04 Å². The zero-order valence-electron chi connectivity index (χ0n) is 7.45. The number of ether oxygens (including phenoxy) is 1. The van der Waals surface area contributed by atoms with Crippen molar-refractivity contribution in [1.82, 2.24) is 5.32 Å². The average Bonchev–Trinajstić information content (AvgIpc) is 2.41. The van der Waals surface area contributed by atoms with Crippen LogP contribution in [-0.4, -0.2) is 45.6 Å². The maximum absolute atomic E-state index is 11.0. The van der Waals surface area contributed by atoms with Crippen LogP contribution in [0, 0.1) is 0 Å². The minimum absolute atomic E-state index is 0.0800. The fourth-order valence-corrected chi connectivity index (χ4v) is 2.96. The van der Waals surface area contributed by atoms with Gasteiger partial charge < -0.3 is 10.1 Å². The molecule has 0 aromatic carbocycles. The second-order valence-electron chi connectivity index (χ2n) is 3.06. The highest BCUT2D eigenvalue weighted by Gasteiger charge is 2.27. The molecule has 0 bridgehead atoms. The van der Waals surface area contributed by atoms with E-state index in [1.54, 1.807) is 0 Å². The molecule has 1 atom stereocenters. The Hall–Kier alpha value is -0.620. The van der Waals surface area contributed by atoms with Crippen molar-refractivity contribution in [3.63, 3.8) is 0 Å². The summed E-state index contributed by atoms with van der Waals surface area (Å²) in [6.45, 7) is 0.0800. The van der Waals surface area contributed by atoms with Gasteiger partial charge in [-0.25, -0.2) is 8.42 Å². The van der Waals surface area contributed by atoms with Crippen molar-refractivity contribution in [2.75, 3.05) is 25.2 Å². The van der Waals surface area contributed by atoms with Crippen LogP contribution in [0.1, 0.15) is 6.42 Å². The summed E-state index contributed by atoms with van der Waals surface area (Å²) in [5.41, 5.74) is 0. The molecule has 0 aromatic rings. The van der Waals surface area contributed by atoms with Crippen LogP contribution in [0.3, 0.4) is 0 Å². The van der Waals surface area contributed by atoms with E-state index in [0.29, 0.717) is 6.42 Å². The molecular formula is C7H13NO4S. The third-order valence-corrected chi connectivity index (χ3v) is 3.76. The van der Waals surface area contributed by atoms with Crippen LogP contribution in [0.4, 0.5) is 0 Å². The number of nitrogens with one attached hydrogen (secondary N) is 1. The highest BCUT2D eigenvalue weighted by molar-refractivity contribution is 7.91. The lowest BCUT2D eigenvalue weighted by Crippen LogP contribution is -2.34. The molecule has 5 nitrogen and oxygen atoms in total. The zero-order valence-corrected chi connectivity index (χ0v) is 8.26. The second kappa shape index (κ2) is 4.06. The highest BCUT2D eigenvalue weighted by atomic mass is 32.2. The Labute approximate surface area is 77.4 Å². The molecule has 0 aliphatic carbocycles. The van der Waals surface area contributed by atoms with Gasteiger partial charge in [0.2, 0.25) is 0 Å². The molecule has 1 aliphatic heterocycles. The van der Waals surface area contributed by atoms with Crippen molar-refractivity contribution in [1.29, 1.82) is 0 Å². The smallest absolute Gasteiger partial charge is 0.319 e. The lowest BCUT2D eigenvalue weighted by Gasteiger charge is -2.08. The topological polar surface area (TPSA) is 72.5 Å². The molecule has 1 N–H and O–H groups in total. The Balaban J connectivity index is 2.29. The SMILES string of the molecule is COC(=O)CN[C@H]1CCS(=O)(=O)C1. The summed E-state index contributed by atoms with van der Waals surface area (Å²) in [6, 6.07) is -0.0934. The first kappa shape index (κ1) is 10.5. The molecule has 0 amide bonds. The summed E-state index contributed by atoms with van der Waals surface area (Å²) in [4.78, 5) is 10.7. The van der Waals surface area contributed by atoms with Gasteiger partial charge in [-0.1, -0.05) is 0 Å². The summed E-state index contributed by atoms with van der Waals surface area (Å²) < 4.78 is 26.4. The van der Waals surface area contributed by atoms with Crippen molar-refractivity contribution in [3.05, 3.63) is 0 Å². The Morgan fingerprint density at radius 1 is 1.62 bits per heavy atom. The first-order valence-corrected chi connectivity index (χ1v) is 5.86. The number of methoxy groups -OCH3 is 1. The van der Waals surface area contributed by atoms with E-state index >= 15 is 0 Å². The molecule has 1 fully saturated rings. The third kappa shape index (κ3) is 3.31. The van der Waals surface area contributed by atoms with Gasteiger partial charge in [-0.2, -0.15) is 0 Å². The second-order valence-corrected chi connectivity index (χ2v) is 5.29. The predicted molar refractivity (Wildman–Crippen MR) is 47.1 cm³/mol. The first-order chi connectivity index (χ1) is 6.03. The molecule has 0 radical (unpaired) electrons. The van der Waals surface area contributed by atoms with E-state index in [-0.39, 0.29) is 30.1 Å². The van der Waals surface area contributed by atoms with Crippen LogP contribution in [0.25, 0.3) is 0 Å². The van der Waals surface area contributed by atoms with Crippen LogP contribution in [0.2, 0.25) is 0 Å². The van der Waals surface area contributed by atoms with Crippen LogP contribution in [0.15, 0.2) is 0 Å². The summed E-state index contributed by atoms with van der Waals surface area (Å²) in [5.74, 6) is -0.0279. The van der Waals surface area contributed by atoms with E-state index < -0.39 is 9.84 Å². The summed E-state index contributed by atoms with van der Waals surface area (Å²) in [7, 11) is -1.56. The monoisotopic (exact) mass is 207 g/mol. The molecule has 6 heteroatoms. The van der Waals surface area contributed by atoms with E-state index in [1.807, 2.05) is 0 Å². The quantitative estimate of drug-likeness (QED) is 0.597. The number of rotatable bonds is 3. The number of carbonyl (C=O) groups excluding carboxylic acids is 1. The van der Waals surface area contributed by atoms with Gasteiger partial charge in [0.25, 0.3) is 0 Å². The molecule has 1 saturated heterocycles. The number of hydrogen-bond donors (Lipinski definition) is 1. The minimum atomic E-state index is -2.86. The Morgan fingerprint density at radius 3 is 2.77 bits per heavy atom. The highest BCUT2D eigenvalue weighted by Crippen LogP contribution is 2.10. The van der Waals surface area contributed by atoms with Gasteiger partial charge in [-0.3, -0.25) is 4.79 Å². The molecule has 13 heavy (non-hydrogen) atoms. The van der Waals surface area contributed by atoms with Gasteiger partial charge in [0.15, 0.2) is 9.84 Å². The van der Waals surface area contributed by atoms with Gasteiger partial charge in [-0.15, -0.1) is 0 Å². The molecule has 0 unspecified atom stereocenters. The number of sulfone groups is 1. The number of hydrogen-bond acceptors (Lipinski definition) is 5. The summed E-state index contributed by atoms with van der Waals surface area (Å²) in [5, 5.41) is 2.83. The standard InChI is InChI=1S/C7H13NO4S/c1-12-7(9)4-8-6-2-3-13(10,11)5-6/h6,8H,2-5H2,1H3/t6-/m0/s1. The maximum Gasteiger partial charge on any atom is 0.319 e. The molecule has 0 saturated carbocycles. The van der Waals surface area contributed by atoms with Gasteiger partial charge in [0.05, 0.1) is 25.2 Å². The summed E-state index contributed by atoms with van der Waals surface area (Å²) in [6.07, 6.45) is 0.583. The normalized spacial score (nSPS) is 25.8. The molecule has 1 heterocycles. The predicted octanol–water partition coefficient (Wildman–Crippen LogP) is -1.06. The fourth-order valence-electron chi connectivity index (χ4n) is 1.26. The van der Waals surface area contributed by atoms with E-state index in [0.717, 1.165) is 0 Å². The first-order valence-electron chi connectivity index (χ1n) is 4.04. The minimum Gasteiger partial charge on any atom is -0.468 e. The van der Waals surface area contributed by atoms with Gasteiger partial charge in [0.1, 0.15) is 0 Å². The largest absolute Gasteiger partial charge is 0.468 e. The Bertz CT molecular complexity index is 285. The van der Waals surface area contributed by atoms with Crippen molar-refractivity contribution in [2.45, 2.75) is 12.5 Å².